The second kappa shape index (κ2) is 7.71. The van der Waals surface area contributed by atoms with Gasteiger partial charge in [0.25, 0.3) is 0 Å². The molecule has 0 saturated carbocycles. The summed E-state index contributed by atoms with van der Waals surface area (Å²) in [5.74, 6) is 0.344. The topological polar surface area (TPSA) is 32.3 Å². The fraction of sp³-hybridized carbons (Fsp3) is 0.333. The molecule has 20 heavy (non-hydrogen) atoms. The molecule has 2 aromatic rings. The molecule has 0 amide bonds. The van der Waals surface area contributed by atoms with Gasteiger partial charge in [0, 0.05) is 6.04 Å². The van der Waals surface area contributed by atoms with Crippen molar-refractivity contribution in [2.45, 2.75) is 32.2 Å². The van der Waals surface area contributed by atoms with E-state index in [0.29, 0.717) is 11.8 Å². The highest BCUT2D eigenvalue weighted by atomic mass is 16.3. The van der Waals surface area contributed by atoms with Crippen molar-refractivity contribution in [3.05, 3.63) is 65.7 Å². The molecule has 2 heteroatoms. The van der Waals surface area contributed by atoms with E-state index in [1.54, 1.807) is 6.07 Å². The van der Waals surface area contributed by atoms with E-state index in [1.165, 1.54) is 11.1 Å². The van der Waals surface area contributed by atoms with Crippen LogP contribution in [0.4, 0.5) is 0 Å². The fourth-order valence-electron chi connectivity index (χ4n) is 2.43. The third-order valence-electron chi connectivity index (χ3n) is 3.40. The largest absolute Gasteiger partial charge is 0.508 e. The van der Waals surface area contributed by atoms with E-state index in [0.717, 1.165) is 25.8 Å². The van der Waals surface area contributed by atoms with Crippen molar-refractivity contribution in [1.82, 2.24) is 5.32 Å². The Hall–Kier alpha value is -1.80. The van der Waals surface area contributed by atoms with Gasteiger partial charge in [-0.05, 0) is 49.1 Å². The van der Waals surface area contributed by atoms with E-state index >= 15 is 0 Å². The summed E-state index contributed by atoms with van der Waals surface area (Å²) in [7, 11) is 0. The molecule has 106 valence electrons. The van der Waals surface area contributed by atoms with E-state index < -0.39 is 0 Å². The fourth-order valence-corrected chi connectivity index (χ4v) is 2.43. The van der Waals surface area contributed by atoms with Gasteiger partial charge in [0.1, 0.15) is 5.75 Å². The number of rotatable bonds is 7. The number of phenolic OH excluding ortho intramolecular Hbond substituents is 1. The van der Waals surface area contributed by atoms with Gasteiger partial charge in [-0.25, -0.2) is 0 Å². The Labute approximate surface area is 121 Å². The van der Waals surface area contributed by atoms with E-state index in [1.807, 2.05) is 18.2 Å². The molecule has 0 bridgehead atoms. The predicted molar refractivity (Wildman–Crippen MR) is 84.0 cm³/mol. The highest BCUT2D eigenvalue weighted by molar-refractivity contribution is 5.28. The molecule has 2 nitrogen and oxygen atoms in total. The summed E-state index contributed by atoms with van der Waals surface area (Å²) >= 11 is 0. The number of phenols is 1. The first kappa shape index (κ1) is 14.6. The molecule has 0 aliphatic rings. The van der Waals surface area contributed by atoms with Crippen LogP contribution in [0.1, 0.15) is 24.5 Å². The molecule has 0 saturated heterocycles. The van der Waals surface area contributed by atoms with E-state index in [2.05, 4.69) is 42.6 Å². The monoisotopic (exact) mass is 269 g/mol. The van der Waals surface area contributed by atoms with Crippen LogP contribution < -0.4 is 5.32 Å². The number of benzene rings is 2. The Bertz CT molecular complexity index is 510. The highest BCUT2D eigenvalue weighted by Crippen LogP contribution is 2.14. The van der Waals surface area contributed by atoms with Crippen molar-refractivity contribution in [3.63, 3.8) is 0 Å². The van der Waals surface area contributed by atoms with E-state index in [4.69, 9.17) is 0 Å². The maximum Gasteiger partial charge on any atom is 0.115 e. The Kier molecular flexibility index (Phi) is 5.63. The first-order valence-corrected chi connectivity index (χ1v) is 7.33. The molecule has 0 heterocycles. The van der Waals surface area contributed by atoms with Gasteiger partial charge < -0.3 is 10.4 Å². The third kappa shape index (κ3) is 4.71. The first-order valence-electron chi connectivity index (χ1n) is 7.33. The molecule has 2 N–H and O–H groups in total. The second-order valence-corrected chi connectivity index (χ2v) is 5.21. The number of nitrogens with one attached hydrogen (secondary N) is 1. The average Bonchev–Trinajstić information content (AvgIpc) is 2.46. The zero-order valence-corrected chi connectivity index (χ0v) is 12.0. The van der Waals surface area contributed by atoms with Crippen molar-refractivity contribution in [2.75, 3.05) is 6.54 Å². The SMILES string of the molecule is CCCNC(Cc1ccccc1)Cc1cccc(O)c1. The van der Waals surface area contributed by atoms with Crippen LogP contribution in [0.15, 0.2) is 54.6 Å². The van der Waals surface area contributed by atoms with Crippen molar-refractivity contribution < 1.29 is 5.11 Å². The van der Waals surface area contributed by atoms with Crippen LogP contribution in [0.2, 0.25) is 0 Å². The minimum Gasteiger partial charge on any atom is -0.508 e. The molecule has 0 aliphatic heterocycles. The van der Waals surface area contributed by atoms with Gasteiger partial charge in [-0.15, -0.1) is 0 Å². The predicted octanol–water partition coefficient (Wildman–Crippen LogP) is 3.55. The van der Waals surface area contributed by atoms with Crippen molar-refractivity contribution in [1.29, 1.82) is 0 Å². The van der Waals surface area contributed by atoms with Crippen LogP contribution in [0.3, 0.4) is 0 Å². The molecule has 0 fully saturated rings. The lowest BCUT2D eigenvalue weighted by Crippen LogP contribution is -2.33. The molecule has 0 aromatic heterocycles. The van der Waals surface area contributed by atoms with Crippen molar-refractivity contribution in [3.8, 4) is 5.75 Å². The molecule has 0 spiro atoms. The normalized spacial score (nSPS) is 12.2. The van der Waals surface area contributed by atoms with E-state index in [9.17, 15) is 5.11 Å². The first-order chi connectivity index (χ1) is 9.78. The second-order valence-electron chi connectivity index (χ2n) is 5.21. The molecule has 2 rings (SSSR count). The smallest absolute Gasteiger partial charge is 0.115 e. The maximum atomic E-state index is 9.57. The summed E-state index contributed by atoms with van der Waals surface area (Å²) in [6, 6.07) is 18.5. The Morgan fingerprint density at radius 2 is 1.65 bits per heavy atom. The molecule has 1 atom stereocenters. The molecule has 1 unspecified atom stereocenters. The average molecular weight is 269 g/mol. The molecular weight excluding hydrogens is 246 g/mol. The number of aromatic hydroxyl groups is 1. The molecule has 0 aliphatic carbocycles. The van der Waals surface area contributed by atoms with Crippen molar-refractivity contribution in [2.24, 2.45) is 0 Å². The van der Waals surface area contributed by atoms with Gasteiger partial charge in [0.05, 0.1) is 0 Å². The lowest BCUT2D eigenvalue weighted by atomic mass is 9.98. The quantitative estimate of drug-likeness (QED) is 0.805. The van der Waals surface area contributed by atoms with Crippen LogP contribution in [-0.2, 0) is 12.8 Å². The van der Waals surface area contributed by atoms with Gasteiger partial charge in [0.2, 0.25) is 0 Å². The minimum atomic E-state index is 0.344. The Balaban J connectivity index is 2.03. The summed E-state index contributed by atoms with van der Waals surface area (Å²) in [5.41, 5.74) is 2.52. The van der Waals surface area contributed by atoms with Crippen LogP contribution in [0.25, 0.3) is 0 Å². The zero-order chi connectivity index (χ0) is 14.2. The van der Waals surface area contributed by atoms with E-state index in [-0.39, 0.29) is 0 Å². The summed E-state index contributed by atoms with van der Waals surface area (Å²) in [6.45, 7) is 3.21. The third-order valence-corrected chi connectivity index (χ3v) is 3.40. The summed E-state index contributed by atoms with van der Waals surface area (Å²) in [5, 5.41) is 13.2. The molecule has 2 aromatic carbocycles. The highest BCUT2D eigenvalue weighted by Gasteiger charge is 2.10. The Morgan fingerprint density at radius 1 is 0.950 bits per heavy atom. The van der Waals surface area contributed by atoms with Crippen LogP contribution in [0, 0.1) is 0 Å². The standard InChI is InChI=1S/C18H23NO/c1-2-11-19-17(12-15-7-4-3-5-8-15)13-16-9-6-10-18(20)14-16/h3-10,14,17,19-20H,2,11-13H2,1H3. The van der Waals surface area contributed by atoms with Gasteiger partial charge in [-0.3, -0.25) is 0 Å². The minimum absolute atomic E-state index is 0.344. The summed E-state index contributed by atoms with van der Waals surface area (Å²) in [6.07, 6.45) is 3.07. The zero-order valence-electron chi connectivity index (χ0n) is 12.0. The van der Waals surface area contributed by atoms with Crippen LogP contribution >= 0.6 is 0 Å². The van der Waals surface area contributed by atoms with Gasteiger partial charge in [0.15, 0.2) is 0 Å². The summed E-state index contributed by atoms with van der Waals surface area (Å²) < 4.78 is 0. The van der Waals surface area contributed by atoms with Gasteiger partial charge >= 0.3 is 0 Å². The van der Waals surface area contributed by atoms with Crippen LogP contribution in [0.5, 0.6) is 5.75 Å². The molecule has 0 radical (unpaired) electrons. The lowest BCUT2D eigenvalue weighted by Gasteiger charge is -2.19. The summed E-state index contributed by atoms with van der Waals surface area (Å²) in [4.78, 5) is 0. The van der Waals surface area contributed by atoms with Crippen LogP contribution in [-0.4, -0.2) is 17.7 Å². The number of hydrogen-bond donors (Lipinski definition) is 2. The number of hydrogen-bond acceptors (Lipinski definition) is 2. The maximum absolute atomic E-state index is 9.57. The lowest BCUT2D eigenvalue weighted by molar-refractivity contribution is 0.471. The van der Waals surface area contributed by atoms with Gasteiger partial charge in [-0.2, -0.15) is 0 Å². The van der Waals surface area contributed by atoms with Crippen molar-refractivity contribution >= 4 is 0 Å². The van der Waals surface area contributed by atoms with Gasteiger partial charge in [-0.1, -0.05) is 49.4 Å². The molecular formula is C18H23NO. The Morgan fingerprint density at radius 3 is 2.35 bits per heavy atom.